The van der Waals surface area contributed by atoms with E-state index in [0.717, 1.165) is 6.07 Å². The highest BCUT2D eigenvalue weighted by molar-refractivity contribution is 6.08. The molecule has 0 saturated heterocycles. The molecular formula is C21H16O6. The maximum atomic E-state index is 13.1. The Balaban J connectivity index is 1.98. The number of carbonyl (C=O) groups is 1. The highest BCUT2D eigenvalue weighted by Crippen LogP contribution is 2.52. The first-order valence-electron chi connectivity index (χ1n) is 8.27. The van der Waals surface area contributed by atoms with Gasteiger partial charge in [-0.25, -0.2) is 0 Å². The predicted molar refractivity (Wildman–Crippen MR) is 96.6 cm³/mol. The molecule has 0 aliphatic heterocycles. The monoisotopic (exact) mass is 364 g/mol. The summed E-state index contributed by atoms with van der Waals surface area (Å²) in [7, 11) is 0. The highest BCUT2D eigenvalue weighted by Gasteiger charge is 2.44. The Hall–Kier alpha value is -3.67. The molecule has 4 rings (SSSR count). The molecule has 5 N–H and O–H groups in total. The molecule has 0 saturated carbocycles. The van der Waals surface area contributed by atoms with Crippen LogP contribution in [0.1, 0.15) is 38.9 Å². The van der Waals surface area contributed by atoms with E-state index >= 15 is 0 Å². The van der Waals surface area contributed by atoms with Crippen molar-refractivity contribution in [2.75, 3.05) is 0 Å². The minimum Gasteiger partial charge on any atom is -0.508 e. The molecule has 0 spiro atoms. The number of phenolic OH excluding ortho intramolecular Hbond substituents is 5. The van der Waals surface area contributed by atoms with Crippen LogP contribution < -0.4 is 0 Å². The lowest BCUT2D eigenvalue weighted by molar-refractivity contribution is 0.0967. The minimum atomic E-state index is -0.755. The molecule has 0 radical (unpaired) electrons. The van der Waals surface area contributed by atoms with Gasteiger partial charge in [-0.2, -0.15) is 0 Å². The van der Waals surface area contributed by atoms with Gasteiger partial charge in [0.05, 0.1) is 5.92 Å². The zero-order valence-corrected chi connectivity index (χ0v) is 14.0. The predicted octanol–water partition coefficient (Wildman–Crippen LogP) is 3.33. The largest absolute Gasteiger partial charge is 0.508 e. The second-order valence-corrected chi connectivity index (χ2v) is 6.62. The molecule has 27 heavy (non-hydrogen) atoms. The van der Waals surface area contributed by atoms with Crippen molar-refractivity contribution in [1.82, 2.24) is 0 Å². The van der Waals surface area contributed by atoms with Crippen molar-refractivity contribution >= 4 is 5.78 Å². The summed E-state index contributed by atoms with van der Waals surface area (Å²) in [6.45, 7) is 0. The molecule has 0 heterocycles. The number of carbonyl (C=O) groups excluding carboxylic acids is 1. The quantitative estimate of drug-likeness (QED) is 0.476. The summed E-state index contributed by atoms with van der Waals surface area (Å²) in [5, 5.41) is 49.6. The van der Waals surface area contributed by atoms with Gasteiger partial charge in [0.25, 0.3) is 0 Å². The fourth-order valence-corrected chi connectivity index (χ4v) is 3.82. The molecule has 6 nitrogen and oxygen atoms in total. The molecule has 0 aromatic heterocycles. The van der Waals surface area contributed by atoms with Gasteiger partial charge in [-0.05, 0) is 41.5 Å². The van der Waals surface area contributed by atoms with Crippen LogP contribution in [0.3, 0.4) is 0 Å². The van der Waals surface area contributed by atoms with Crippen LogP contribution in [0, 0.1) is 0 Å². The minimum absolute atomic E-state index is 0.0498. The molecule has 0 fully saturated rings. The Bertz CT molecular complexity index is 1030. The van der Waals surface area contributed by atoms with Crippen LogP contribution in [0.5, 0.6) is 28.7 Å². The summed E-state index contributed by atoms with van der Waals surface area (Å²) < 4.78 is 0. The number of hydrogen-bond acceptors (Lipinski definition) is 6. The van der Waals surface area contributed by atoms with Crippen LogP contribution in [0.2, 0.25) is 0 Å². The van der Waals surface area contributed by atoms with Crippen LogP contribution in [0.4, 0.5) is 0 Å². The number of fused-ring (bicyclic) bond motifs is 1. The van der Waals surface area contributed by atoms with Crippen molar-refractivity contribution in [3.8, 4) is 28.7 Å². The lowest BCUT2D eigenvalue weighted by Gasteiger charge is -2.21. The number of Topliss-reactive ketones (excluding diaryl/α,β-unsaturated/α-hetero) is 1. The standard InChI is InChI=1S/C21H16O6/c22-12-3-1-10(2-4-12)19-18(11-5-13(23)7-14(24)6-11)20-16(21(19)27)8-15(25)9-17(20)26/h1-9,18-19,22-26H. The van der Waals surface area contributed by atoms with Crippen LogP contribution in [-0.2, 0) is 0 Å². The fourth-order valence-electron chi connectivity index (χ4n) is 3.82. The molecule has 2 atom stereocenters. The van der Waals surface area contributed by atoms with E-state index in [1.807, 2.05) is 0 Å². The van der Waals surface area contributed by atoms with E-state index in [-0.39, 0.29) is 40.1 Å². The molecule has 0 amide bonds. The molecule has 3 aromatic carbocycles. The zero-order valence-electron chi connectivity index (χ0n) is 14.0. The Labute approximate surface area is 154 Å². The van der Waals surface area contributed by atoms with E-state index in [0.29, 0.717) is 16.7 Å². The summed E-state index contributed by atoms with van der Waals surface area (Å²) >= 11 is 0. The smallest absolute Gasteiger partial charge is 0.171 e. The third-order valence-corrected chi connectivity index (χ3v) is 4.87. The Morgan fingerprint density at radius 3 is 1.81 bits per heavy atom. The maximum Gasteiger partial charge on any atom is 0.171 e. The number of phenols is 5. The van der Waals surface area contributed by atoms with E-state index in [9.17, 15) is 30.3 Å². The van der Waals surface area contributed by atoms with Gasteiger partial charge in [-0.1, -0.05) is 12.1 Å². The topological polar surface area (TPSA) is 118 Å². The second-order valence-electron chi connectivity index (χ2n) is 6.62. The van der Waals surface area contributed by atoms with Crippen LogP contribution in [-0.4, -0.2) is 31.3 Å². The van der Waals surface area contributed by atoms with E-state index < -0.39 is 11.8 Å². The third-order valence-electron chi connectivity index (χ3n) is 4.87. The number of benzene rings is 3. The molecule has 1 aliphatic rings. The van der Waals surface area contributed by atoms with Gasteiger partial charge in [0.1, 0.15) is 28.7 Å². The number of hydrogen-bond donors (Lipinski definition) is 5. The van der Waals surface area contributed by atoms with Crippen LogP contribution in [0.15, 0.2) is 54.6 Å². The summed E-state index contributed by atoms with van der Waals surface area (Å²) in [6.07, 6.45) is 0. The number of ketones is 1. The molecule has 3 aromatic rings. The Morgan fingerprint density at radius 2 is 1.19 bits per heavy atom. The molecule has 0 bridgehead atoms. The lowest BCUT2D eigenvalue weighted by Crippen LogP contribution is -2.13. The molecule has 2 unspecified atom stereocenters. The van der Waals surface area contributed by atoms with Gasteiger partial charge >= 0.3 is 0 Å². The average Bonchev–Trinajstić information content (AvgIpc) is 2.88. The fraction of sp³-hybridized carbons (Fsp3) is 0.0952. The van der Waals surface area contributed by atoms with Gasteiger partial charge in [-0.3, -0.25) is 4.79 Å². The molecule has 1 aliphatic carbocycles. The zero-order chi connectivity index (χ0) is 19.3. The van der Waals surface area contributed by atoms with Gasteiger partial charge in [-0.15, -0.1) is 0 Å². The van der Waals surface area contributed by atoms with Crippen molar-refractivity contribution in [1.29, 1.82) is 0 Å². The number of rotatable bonds is 2. The van der Waals surface area contributed by atoms with Gasteiger partial charge < -0.3 is 25.5 Å². The van der Waals surface area contributed by atoms with Crippen molar-refractivity contribution in [3.05, 3.63) is 76.9 Å². The lowest BCUT2D eigenvalue weighted by atomic mass is 9.81. The van der Waals surface area contributed by atoms with E-state index in [2.05, 4.69) is 0 Å². The average molecular weight is 364 g/mol. The summed E-state index contributed by atoms with van der Waals surface area (Å²) in [5.41, 5.74) is 1.54. The van der Waals surface area contributed by atoms with Gasteiger partial charge in [0.2, 0.25) is 0 Å². The number of aromatic hydroxyl groups is 5. The van der Waals surface area contributed by atoms with E-state index in [4.69, 9.17) is 0 Å². The van der Waals surface area contributed by atoms with Crippen molar-refractivity contribution in [2.45, 2.75) is 11.8 Å². The van der Waals surface area contributed by atoms with Gasteiger partial charge in [0, 0.05) is 29.2 Å². The van der Waals surface area contributed by atoms with Crippen LogP contribution in [0.25, 0.3) is 0 Å². The van der Waals surface area contributed by atoms with E-state index in [1.54, 1.807) is 12.1 Å². The van der Waals surface area contributed by atoms with E-state index in [1.165, 1.54) is 36.4 Å². The van der Waals surface area contributed by atoms with Crippen molar-refractivity contribution < 1.29 is 30.3 Å². The Kier molecular flexibility index (Phi) is 3.70. The SMILES string of the molecule is O=C1c2cc(O)cc(O)c2C(c2cc(O)cc(O)c2)C1c1ccc(O)cc1. The summed E-state index contributed by atoms with van der Waals surface area (Å²) in [6, 6.07) is 12.6. The maximum absolute atomic E-state index is 13.1. The first-order chi connectivity index (χ1) is 12.8. The van der Waals surface area contributed by atoms with Crippen molar-refractivity contribution in [3.63, 3.8) is 0 Å². The molecule has 6 heteroatoms. The first kappa shape index (κ1) is 16.8. The third kappa shape index (κ3) is 2.71. The second kappa shape index (κ2) is 5.95. The normalized spacial score (nSPS) is 18.4. The first-order valence-corrected chi connectivity index (χ1v) is 8.27. The molecule has 136 valence electrons. The summed E-state index contributed by atoms with van der Waals surface area (Å²) in [4.78, 5) is 13.1. The van der Waals surface area contributed by atoms with Crippen molar-refractivity contribution in [2.24, 2.45) is 0 Å². The molecular weight excluding hydrogens is 348 g/mol. The van der Waals surface area contributed by atoms with Crippen LogP contribution >= 0.6 is 0 Å². The Morgan fingerprint density at radius 1 is 0.593 bits per heavy atom. The van der Waals surface area contributed by atoms with Gasteiger partial charge in [0.15, 0.2) is 5.78 Å². The summed E-state index contributed by atoms with van der Waals surface area (Å²) in [5.74, 6) is -2.52. The highest BCUT2D eigenvalue weighted by atomic mass is 16.3.